The van der Waals surface area contributed by atoms with Crippen molar-refractivity contribution in [2.75, 3.05) is 6.54 Å². The molecule has 1 atom stereocenters. The van der Waals surface area contributed by atoms with Crippen LogP contribution in [0.5, 0.6) is 0 Å². The van der Waals surface area contributed by atoms with E-state index in [9.17, 15) is 35.5 Å². The average Bonchev–Trinajstić information content (AvgIpc) is 2.67. The molecule has 0 amide bonds. The number of carboxylic acid groups (broad SMARTS) is 1. The van der Waals surface area contributed by atoms with Crippen LogP contribution in [-0.4, -0.2) is 86.8 Å². The van der Waals surface area contributed by atoms with E-state index in [1.807, 2.05) is 4.72 Å². The third-order valence-corrected chi connectivity index (χ3v) is 7.01. The molecular weight excluding hydrogens is 481 g/mol. The fraction of sp³-hybridized carbons (Fsp3) is 0.278. The maximum atomic E-state index is 12.9. The molecule has 1 radical (unpaired) electrons. The van der Waals surface area contributed by atoms with Gasteiger partial charge in [-0.25, -0.2) is 35.1 Å². The summed E-state index contributed by atoms with van der Waals surface area (Å²) in [5.74, 6) is -2.87. The van der Waals surface area contributed by atoms with Gasteiger partial charge in [-0.2, -0.15) is 0 Å². The zero-order chi connectivity index (χ0) is 22.4. The molecule has 0 aromatic heterocycles. The van der Waals surface area contributed by atoms with E-state index in [1.165, 1.54) is 0 Å². The van der Waals surface area contributed by atoms with Crippen LogP contribution in [-0.2, 0) is 24.8 Å². The molecule has 0 aliphatic rings. The van der Waals surface area contributed by atoms with Gasteiger partial charge in [-0.1, -0.05) is 6.42 Å². The molecule has 2 rings (SSSR count). The van der Waals surface area contributed by atoms with Gasteiger partial charge in [0.25, 0.3) is 0 Å². The van der Waals surface area contributed by atoms with Gasteiger partial charge in [-0.3, -0.25) is 0 Å². The molecule has 0 bridgehead atoms. The number of carbonyl (C=O) groups is 1. The van der Waals surface area contributed by atoms with Crippen LogP contribution in [0.1, 0.15) is 19.3 Å². The second kappa shape index (κ2) is 12.5. The Bertz CT molecular complexity index is 1080. The normalized spacial score (nSPS) is 12.7. The topological polar surface area (TPSA) is 132 Å². The van der Waals surface area contributed by atoms with Gasteiger partial charge in [0.15, 0.2) is 0 Å². The number of nitrogens with one attached hydrogen (secondary N) is 2. The third kappa shape index (κ3) is 8.94. The molecule has 2 aromatic carbocycles. The van der Waals surface area contributed by atoms with Gasteiger partial charge in [0.2, 0.25) is 20.0 Å². The van der Waals surface area contributed by atoms with Crippen LogP contribution in [0, 0.1) is 11.6 Å². The van der Waals surface area contributed by atoms with Crippen molar-refractivity contribution in [3.63, 3.8) is 0 Å². The van der Waals surface area contributed by atoms with Crippen molar-refractivity contribution < 1.29 is 35.5 Å². The smallest absolute Gasteiger partial charge is 0.241 e. The second-order valence-electron chi connectivity index (χ2n) is 6.29. The van der Waals surface area contributed by atoms with Crippen LogP contribution in [0.3, 0.4) is 0 Å². The standard InChI is InChI=1S/C18H20F2N2O6S2.K/c19-13-4-8-15(9-5-13)29(25,26)21-12-2-1-3-17(18(23)24)22-30(27,28)16-10-6-14(20)7-11-16;/h4-11,17,21-22H,1-3,12H2,(H,23,24);/p-1. The molecule has 0 spiro atoms. The second-order valence-corrected chi connectivity index (χ2v) is 9.78. The Morgan fingerprint density at radius 1 is 0.839 bits per heavy atom. The number of carboxylic acids is 1. The van der Waals surface area contributed by atoms with E-state index in [2.05, 4.69) is 4.72 Å². The van der Waals surface area contributed by atoms with Gasteiger partial charge < -0.3 is 9.90 Å². The number of hydrogen-bond donors (Lipinski definition) is 2. The van der Waals surface area contributed by atoms with Crippen molar-refractivity contribution in [3.8, 4) is 0 Å². The van der Waals surface area contributed by atoms with E-state index < -0.39 is 43.7 Å². The quantitative estimate of drug-likeness (QED) is 0.333. The fourth-order valence-electron chi connectivity index (χ4n) is 2.47. The minimum atomic E-state index is -4.21. The molecule has 1 unspecified atom stereocenters. The first-order valence-electron chi connectivity index (χ1n) is 8.75. The van der Waals surface area contributed by atoms with E-state index in [0.29, 0.717) is 0 Å². The average molecular weight is 501 g/mol. The Hall–Kier alpha value is -0.774. The number of unbranched alkanes of at least 4 members (excludes halogenated alkanes) is 1. The largest absolute Gasteiger partial charge is 0.548 e. The maximum absolute atomic E-state index is 12.9. The van der Waals surface area contributed by atoms with Crippen LogP contribution < -0.4 is 14.6 Å². The molecule has 0 saturated heterocycles. The Morgan fingerprint density at radius 3 is 1.74 bits per heavy atom. The Labute approximate surface area is 222 Å². The summed E-state index contributed by atoms with van der Waals surface area (Å²) in [4.78, 5) is 10.8. The van der Waals surface area contributed by atoms with Crippen molar-refractivity contribution in [3.05, 3.63) is 60.2 Å². The summed E-state index contributed by atoms with van der Waals surface area (Å²) in [5, 5.41) is 11.3. The zero-order valence-corrected chi connectivity index (χ0v) is 21.3. The number of carbonyl (C=O) groups excluding carboxylic acids is 1. The third-order valence-electron chi connectivity index (χ3n) is 4.04. The maximum Gasteiger partial charge on any atom is 0.241 e. The van der Waals surface area contributed by atoms with E-state index in [4.69, 9.17) is 0 Å². The van der Waals surface area contributed by atoms with Gasteiger partial charge in [0.05, 0.1) is 21.8 Å². The molecule has 2 aromatic rings. The van der Waals surface area contributed by atoms with Crippen LogP contribution >= 0.6 is 0 Å². The molecule has 0 saturated carbocycles. The van der Waals surface area contributed by atoms with E-state index in [0.717, 1.165) is 48.5 Å². The molecule has 2 N–H and O–H groups in total. The predicted molar refractivity (Wildman–Crippen MR) is 107 cm³/mol. The molecule has 31 heavy (non-hydrogen) atoms. The van der Waals surface area contributed by atoms with Crippen molar-refractivity contribution in [2.45, 2.75) is 35.1 Å². The summed E-state index contributed by atoms with van der Waals surface area (Å²) in [6.45, 7) is -0.0375. The van der Waals surface area contributed by atoms with Gasteiger partial charge in [0, 0.05) is 57.9 Å². The van der Waals surface area contributed by atoms with Crippen LogP contribution in [0.25, 0.3) is 0 Å². The summed E-state index contributed by atoms with van der Waals surface area (Å²) in [5.41, 5.74) is 0. The predicted octanol–water partition coefficient (Wildman–Crippen LogP) is 0.130. The summed E-state index contributed by atoms with van der Waals surface area (Å²) < 4.78 is 78.6. The molecule has 165 valence electrons. The SMILES string of the molecule is O=C([O-])C(CCCCNS(=O)(=O)c1ccc(F)cc1)NS(=O)(=O)c1ccc(F)cc1.[K]. The Morgan fingerprint density at radius 2 is 1.29 bits per heavy atom. The van der Waals surface area contributed by atoms with Crippen molar-refractivity contribution in [1.29, 1.82) is 0 Å². The van der Waals surface area contributed by atoms with Crippen molar-refractivity contribution >= 4 is 77.4 Å². The zero-order valence-electron chi connectivity index (χ0n) is 16.5. The van der Waals surface area contributed by atoms with Crippen molar-refractivity contribution in [1.82, 2.24) is 9.44 Å². The number of rotatable bonds is 11. The van der Waals surface area contributed by atoms with Gasteiger partial charge >= 0.3 is 0 Å². The fourth-order valence-corrected chi connectivity index (χ4v) is 4.76. The number of halogens is 2. The van der Waals surface area contributed by atoms with Gasteiger partial charge in [0.1, 0.15) is 11.6 Å². The molecule has 0 aliphatic heterocycles. The minimum Gasteiger partial charge on any atom is -0.548 e. The Balaban J connectivity index is 0.00000480. The van der Waals surface area contributed by atoms with Crippen LogP contribution in [0.15, 0.2) is 58.3 Å². The molecule has 13 heteroatoms. The molecule has 0 heterocycles. The molecular formula is C18H19F2KN2O6S2-. The monoisotopic (exact) mass is 500 g/mol. The first kappa shape index (κ1) is 28.3. The number of hydrogen-bond acceptors (Lipinski definition) is 6. The Kier molecular flexibility index (Phi) is 11.4. The van der Waals surface area contributed by atoms with E-state index >= 15 is 0 Å². The van der Waals surface area contributed by atoms with Gasteiger partial charge in [-0.05, 0) is 61.4 Å². The summed E-state index contributed by atoms with van der Waals surface area (Å²) in [6, 6.07) is 6.52. The minimum absolute atomic E-state index is 0. The van der Waals surface area contributed by atoms with Crippen molar-refractivity contribution in [2.24, 2.45) is 0 Å². The van der Waals surface area contributed by atoms with E-state index in [-0.39, 0.29) is 87.0 Å². The van der Waals surface area contributed by atoms with Crippen LogP contribution in [0.2, 0.25) is 0 Å². The summed E-state index contributed by atoms with van der Waals surface area (Å²) in [6.07, 6.45) is 0.222. The van der Waals surface area contributed by atoms with Crippen LogP contribution in [0.4, 0.5) is 8.78 Å². The number of benzene rings is 2. The summed E-state index contributed by atoms with van der Waals surface area (Å²) in [7, 11) is -8.06. The number of sulfonamides is 2. The number of aliphatic carboxylic acids is 1. The van der Waals surface area contributed by atoms with E-state index in [1.54, 1.807) is 0 Å². The first-order valence-corrected chi connectivity index (χ1v) is 11.7. The first-order chi connectivity index (χ1) is 14.0. The molecule has 8 nitrogen and oxygen atoms in total. The molecule has 0 aliphatic carbocycles. The van der Waals surface area contributed by atoms with Gasteiger partial charge in [-0.15, -0.1) is 0 Å². The molecule has 0 fully saturated rings. The summed E-state index contributed by atoms with van der Waals surface area (Å²) >= 11 is 0.